The minimum Gasteiger partial charge on any atom is -0.388 e. The predicted octanol–water partition coefficient (Wildman–Crippen LogP) is -1.24. The number of aromatic nitrogens is 2. The molecule has 3 N–H and O–H groups in total. The molecule has 1 aliphatic rings. The number of anilines is 1. The lowest BCUT2D eigenvalue weighted by Gasteiger charge is -2.12. The number of likely N-dealkylation sites (tertiary alicyclic amines) is 1. The number of hydrogen-bond donors (Lipinski definition) is 3. The summed E-state index contributed by atoms with van der Waals surface area (Å²) < 4.78 is 0. The molecule has 2 heterocycles. The fourth-order valence-corrected chi connectivity index (χ4v) is 2.15. The molecule has 7 nitrogen and oxygen atoms in total. The molecule has 1 aromatic rings. The van der Waals surface area contributed by atoms with E-state index in [0.29, 0.717) is 5.13 Å². The number of carbonyl (C=O) groups is 1. The van der Waals surface area contributed by atoms with Crippen LogP contribution in [0, 0.1) is 0 Å². The van der Waals surface area contributed by atoms with Gasteiger partial charge in [-0.15, -0.1) is 10.2 Å². The van der Waals surface area contributed by atoms with E-state index in [4.69, 9.17) is 0 Å². The van der Waals surface area contributed by atoms with Crippen LogP contribution in [-0.2, 0) is 0 Å². The maximum Gasteiger partial charge on any atom is 0.285 e. The summed E-state index contributed by atoms with van der Waals surface area (Å²) in [4.78, 5) is 13.2. The summed E-state index contributed by atoms with van der Waals surface area (Å²) in [5, 5.41) is 29.7. The van der Waals surface area contributed by atoms with Crippen molar-refractivity contribution in [2.75, 3.05) is 25.5 Å². The lowest BCUT2D eigenvalue weighted by molar-refractivity contribution is 0.0572. The van der Waals surface area contributed by atoms with Crippen LogP contribution >= 0.6 is 11.3 Å². The quantitative estimate of drug-likeness (QED) is 0.602. The molecule has 0 bridgehead atoms. The average Bonchev–Trinajstić information content (AvgIpc) is 2.86. The molecule has 0 aliphatic carbocycles. The van der Waals surface area contributed by atoms with E-state index in [1.54, 1.807) is 7.05 Å². The Morgan fingerprint density at radius 3 is 2.56 bits per heavy atom. The van der Waals surface area contributed by atoms with Crippen molar-refractivity contribution in [3.8, 4) is 0 Å². The van der Waals surface area contributed by atoms with Crippen molar-refractivity contribution in [1.82, 2.24) is 15.1 Å². The maximum atomic E-state index is 11.9. The molecule has 88 valence electrons. The number of nitrogens with one attached hydrogen (secondary N) is 1. The summed E-state index contributed by atoms with van der Waals surface area (Å²) in [6.07, 6.45) is -1.75. The Balaban J connectivity index is 2.08. The molecule has 1 aliphatic heterocycles. The van der Waals surface area contributed by atoms with Crippen LogP contribution in [0.3, 0.4) is 0 Å². The highest BCUT2D eigenvalue weighted by Gasteiger charge is 2.34. The zero-order chi connectivity index (χ0) is 11.7. The van der Waals surface area contributed by atoms with Crippen molar-refractivity contribution >= 4 is 22.4 Å². The average molecular weight is 244 g/mol. The number of aliphatic hydroxyl groups is 2. The first kappa shape index (κ1) is 11.2. The second-order valence-electron chi connectivity index (χ2n) is 3.51. The minimum absolute atomic E-state index is 0.133. The summed E-state index contributed by atoms with van der Waals surface area (Å²) in [5.41, 5.74) is 0. The summed E-state index contributed by atoms with van der Waals surface area (Å²) in [6, 6.07) is 0. The van der Waals surface area contributed by atoms with Gasteiger partial charge in [0.05, 0.1) is 12.2 Å². The van der Waals surface area contributed by atoms with Gasteiger partial charge in [-0.2, -0.15) is 0 Å². The number of aliphatic hydroxyl groups excluding tert-OH is 2. The first-order valence-corrected chi connectivity index (χ1v) is 5.60. The van der Waals surface area contributed by atoms with Gasteiger partial charge < -0.3 is 20.4 Å². The molecule has 0 aromatic carbocycles. The van der Waals surface area contributed by atoms with E-state index in [1.807, 2.05) is 0 Å². The summed E-state index contributed by atoms with van der Waals surface area (Å²) >= 11 is 1.14. The Morgan fingerprint density at radius 1 is 1.44 bits per heavy atom. The van der Waals surface area contributed by atoms with Gasteiger partial charge >= 0.3 is 0 Å². The fourth-order valence-electron chi connectivity index (χ4n) is 1.48. The van der Waals surface area contributed by atoms with Gasteiger partial charge in [-0.3, -0.25) is 4.79 Å². The third kappa shape index (κ3) is 1.99. The number of nitrogens with zero attached hydrogens (tertiary/aromatic N) is 3. The minimum atomic E-state index is -0.874. The van der Waals surface area contributed by atoms with Crippen LogP contribution in [0.1, 0.15) is 9.80 Å². The van der Waals surface area contributed by atoms with Gasteiger partial charge in [0.15, 0.2) is 0 Å². The maximum absolute atomic E-state index is 11.9. The molecule has 16 heavy (non-hydrogen) atoms. The first-order valence-electron chi connectivity index (χ1n) is 4.78. The summed E-state index contributed by atoms with van der Waals surface area (Å²) in [6.45, 7) is 0.267. The van der Waals surface area contributed by atoms with Crippen molar-refractivity contribution in [1.29, 1.82) is 0 Å². The number of hydrogen-bond acceptors (Lipinski definition) is 7. The van der Waals surface area contributed by atoms with Crippen molar-refractivity contribution in [3.05, 3.63) is 5.01 Å². The third-order valence-electron chi connectivity index (χ3n) is 2.37. The number of carbonyl (C=O) groups excluding carboxylic acids is 1. The molecule has 1 fully saturated rings. The highest BCUT2D eigenvalue weighted by molar-refractivity contribution is 7.17. The van der Waals surface area contributed by atoms with Gasteiger partial charge in [-0.1, -0.05) is 11.3 Å². The first-order chi connectivity index (χ1) is 7.61. The van der Waals surface area contributed by atoms with Crippen molar-refractivity contribution < 1.29 is 15.0 Å². The van der Waals surface area contributed by atoms with E-state index in [-0.39, 0.29) is 24.0 Å². The monoisotopic (exact) mass is 244 g/mol. The van der Waals surface area contributed by atoms with E-state index in [9.17, 15) is 15.0 Å². The molecule has 8 heteroatoms. The van der Waals surface area contributed by atoms with Crippen LogP contribution in [0.5, 0.6) is 0 Å². The van der Waals surface area contributed by atoms with Crippen molar-refractivity contribution in [3.63, 3.8) is 0 Å². The Bertz CT molecular complexity index is 386. The molecule has 1 aromatic heterocycles. The van der Waals surface area contributed by atoms with E-state index >= 15 is 0 Å². The largest absolute Gasteiger partial charge is 0.388 e. The zero-order valence-electron chi connectivity index (χ0n) is 8.62. The topological polar surface area (TPSA) is 98.6 Å². The van der Waals surface area contributed by atoms with E-state index in [0.717, 1.165) is 11.3 Å². The molecule has 1 saturated heterocycles. The van der Waals surface area contributed by atoms with E-state index < -0.39 is 12.2 Å². The predicted molar refractivity (Wildman–Crippen MR) is 57.4 cm³/mol. The molecule has 1 amide bonds. The Hall–Kier alpha value is -1.25. The molecule has 0 spiro atoms. The fraction of sp³-hybridized carbons (Fsp3) is 0.625. The molecule has 2 unspecified atom stereocenters. The Labute approximate surface area is 95.7 Å². The SMILES string of the molecule is CNc1nnc(C(=O)N2CC(O)C(O)C2)s1. The standard InChI is InChI=1S/C8H12N4O3S/c1-9-8-11-10-6(16-8)7(15)12-2-4(13)5(14)3-12/h4-5,13-14H,2-3H2,1H3,(H,9,11). The summed E-state index contributed by atoms with van der Waals surface area (Å²) in [5.74, 6) is -0.311. The molecule has 0 saturated carbocycles. The molecule has 2 atom stereocenters. The smallest absolute Gasteiger partial charge is 0.285 e. The normalized spacial score (nSPS) is 24.8. The van der Waals surface area contributed by atoms with Crippen LogP contribution in [0.25, 0.3) is 0 Å². The third-order valence-corrected chi connectivity index (χ3v) is 3.30. The van der Waals surface area contributed by atoms with Crippen LogP contribution in [0.4, 0.5) is 5.13 Å². The van der Waals surface area contributed by atoms with Crippen molar-refractivity contribution in [2.24, 2.45) is 0 Å². The number of amides is 1. The second kappa shape index (κ2) is 4.32. The lowest BCUT2D eigenvalue weighted by atomic mass is 10.3. The Morgan fingerprint density at radius 2 is 2.06 bits per heavy atom. The van der Waals surface area contributed by atoms with Crippen LogP contribution < -0.4 is 5.32 Å². The van der Waals surface area contributed by atoms with Crippen LogP contribution in [-0.4, -0.2) is 63.6 Å². The summed E-state index contributed by atoms with van der Waals surface area (Å²) in [7, 11) is 1.69. The van der Waals surface area contributed by atoms with E-state index in [2.05, 4.69) is 15.5 Å². The van der Waals surface area contributed by atoms with E-state index in [1.165, 1.54) is 4.90 Å². The van der Waals surface area contributed by atoms with Gasteiger partial charge in [-0.25, -0.2) is 0 Å². The van der Waals surface area contributed by atoms with Gasteiger partial charge in [-0.05, 0) is 0 Å². The highest BCUT2D eigenvalue weighted by atomic mass is 32.1. The molecular formula is C8H12N4O3S. The highest BCUT2D eigenvalue weighted by Crippen LogP contribution is 2.19. The lowest BCUT2D eigenvalue weighted by Crippen LogP contribution is -2.29. The number of β-amino-alcohol motifs (C(OH)–C–C–N with tert-alkyl or cyclic N) is 2. The number of rotatable bonds is 2. The Kier molecular flexibility index (Phi) is 3.03. The second-order valence-corrected chi connectivity index (χ2v) is 4.48. The molecule has 2 rings (SSSR count). The van der Waals surface area contributed by atoms with Gasteiger partial charge in [0, 0.05) is 20.1 Å². The molecular weight excluding hydrogens is 232 g/mol. The van der Waals surface area contributed by atoms with Crippen LogP contribution in [0.15, 0.2) is 0 Å². The molecule has 0 radical (unpaired) electrons. The van der Waals surface area contributed by atoms with Crippen LogP contribution in [0.2, 0.25) is 0 Å². The zero-order valence-corrected chi connectivity index (χ0v) is 9.44. The van der Waals surface area contributed by atoms with Gasteiger partial charge in [0.2, 0.25) is 10.1 Å². The van der Waals surface area contributed by atoms with Gasteiger partial charge in [0.25, 0.3) is 5.91 Å². The van der Waals surface area contributed by atoms with Crippen molar-refractivity contribution in [2.45, 2.75) is 12.2 Å². The van der Waals surface area contributed by atoms with Gasteiger partial charge in [0.1, 0.15) is 0 Å².